The predicted molar refractivity (Wildman–Crippen MR) is 106 cm³/mol. The SMILES string of the molecule is COc1ccc(Cc2nnc3n2N=C(c2ccccc2)[C@H](C)S3)cc1OC. The summed E-state index contributed by atoms with van der Waals surface area (Å²) >= 11 is 1.67. The second-order valence-corrected chi connectivity index (χ2v) is 7.50. The molecule has 0 fully saturated rings. The van der Waals surface area contributed by atoms with Gasteiger partial charge < -0.3 is 9.47 Å². The molecule has 2 heterocycles. The number of rotatable bonds is 5. The predicted octanol–water partition coefficient (Wildman–Crippen LogP) is 3.63. The number of hydrogen-bond donors (Lipinski definition) is 0. The molecule has 1 atom stereocenters. The van der Waals surface area contributed by atoms with Crippen LogP contribution < -0.4 is 9.47 Å². The molecular weight excluding hydrogens is 360 g/mol. The molecule has 0 unspecified atom stereocenters. The first-order valence-electron chi connectivity index (χ1n) is 8.65. The van der Waals surface area contributed by atoms with Crippen LogP contribution in [0.15, 0.2) is 58.8 Å². The van der Waals surface area contributed by atoms with Gasteiger partial charge in [-0.25, -0.2) is 0 Å². The van der Waals surface area contributed by atoms with Crippen molar-refractivity contribution in [2.45, 2.75) is 23.8 Å². The summed E-state index contributed by atoms with van der Waals surface area (Å²) in [5.41, 5.74) is 3.21. The molecular formula is C20H20N4O2S. The van der Waals surface area contributed by atoms with Crippen LogP contribution in [0.4, 0.5) is 0 Å². The molecule has 0 bridgehead atoms. The molecule has 4 rings (SSSR count). The van der Waals surface area contributed by atoms with Crippen molar-refractivity contribution in [2.24, 2.45) is 5.10 Å². The van der Waals surface area contributed by atoms with E-state index in [1.807, 2.05) is 41.1 Å². The molecule has 7 heteroatoms. The summed E-state index contributed by atoms with van der Waals surface area (Å²) in [6.07, 6.45) is 0.605. The molecule has 3 aromatic rings. The Hall–Kier alpha value is -2.80. The topological polar surface area (TPSA) is 61.5 Å². The number of fused-ring (bicyclic) bond motifs is 1. The highest BCUT2D eigenvalue weighted by Crippen LogP contribution is 2.32. The number of ether oxygens (including phenoxy) is 2. The van der Waals surface area contributed by atoms with E-state index < -0.39 is 0 Å². The average Bonchev–Trinajstić information content (AvgIpc) is 3.09. The van der Waals surface area contributed by atoms with Gasteiger partial charge in [-0.15, -0.1) is 10.2 Å². The maximum Gasteiger partial charge on any atom is 0.212 e. The molecule has 0 spiro atoms. The van der Waals surface area contributed by atoms with Crippen LogP contribution in [0, 0.1) is 0 Å². The van der Waals surface area contributed by atoms with E-state index in [4.69, 9.17) is 14.6 Å². The number of nitrogens with zero attached hydrogens (tertiary/aromatic N) is 4. The third kappa shape index (κ3) is 3.42. The fourth-order valence-electron chi connectivity index (χ4n) is 3.06. The Kier molecular flexibility index (Phi) is 4.85. The van der Waals surface area contributed by atoms with Gasteiger partial charge in [0.25, 0.3) is 0 Å². The van der Waals surface area contributed by atoms with E-state index >= 15 is 0 Å². The van der Waals surface area contributed by atoms with Gasteiger partial charge in [-0.05, 0) is 30.2 Å². The number of thioether (sulfide) groups is 1. The molecule has 0 amide bonds. The minimum Gasteiger partial charge on any atom is -0.493 e. The van der Waals surface area contributed by atoms with Gasteiger partial charge in [0.1, 0.15) is 0 Å². The normalized spacial score (nSPS) is 15.8. The van der Waals surface area contributed by atoms with Crippen molar-refractivity contribution in [3.63, 3.8) is 0 Å². The van der Waals surface area contributed by atoms with E-state index in [2.05, 4.69) is 29.3 Å². The van der Waals surface area contributed by atoms with Crippen LogP contribution in [0.1, 0.15) is 23.9 Å². The summed E-state index contributed by atoms with van der Waals surface area (Å²) in [6.45, 7) is 2.14. The first kappa shape index (κ1) is 17.6. The molecule has 0 N–H and O–H groups in total. The second kappa shape index (κ2) is 7.44. The van der Waals surface area contributed by atoms with Crippen LogP contribution in [0.3, 0.4) is 0 Å². The second-order valence-electron chi connectivity index (χ2n) is 6.19. The molecule has 1 aliphatic rings. The lowest BCUT2D eigenvalue weighted by molar-refractivity contribution is 0.354. The molecule has 0 radical (unpaired) electrons. The fourth-order valence-corrected chi connectivity index (χ4v) is 4.00. The molecule has 27 heavy (non-hydrogen) atoms. The van der Waals surface area contributed by atoms with Gasteiger partial charge in [-0.1, -0.05) is 48.2 Å². The Morgan fingerprint density at radius 2 is 1.78 bits per heavy atom. The van der Waals surface area contributed by atoms with Crippen molar-refractivity contribution >= 4 is 17.5 Å². The highest BCUT2D eigenvalue weighted by Gasteiger charge is 2.25. The van der Waals surface area contributed by atoms with Crippen LogP contribution in [0.2, 0.25) is 0 Å². The number of hydrogen-bond acceptors (Lipinski definition) is 6. The highest BCUT2D eigenvalue weighted by atomic mass is 32.2. The van der Waals surface area contributed by atoms with Crippen molar-refractivity contribution in [1.29, 1.82) is 0 Å². The minimum atomic E-state index is 0.220. The smallest absolute Gasteiger partial charge is 0.212 e. The first-order chi connectivity index (χ1) is 13.2. The molecule has 1 aliphatic heterocycles. The van der Waals surface area contributed by atoms with E-state index in [1.54, 1.807) is 26.0 Å². The zero-order valence-corrected chi connectivity index (χ0v) is 16.2. The van der Waals surface area contributed by atoms with Gasteiger partial charge in [0, 0.05) is 6.42 Å². The molecule has 0 saturated heterocycles. The van der Waals surface area contributed by atoms with Gasteiger partial charge in [-0.3, -0.25) is 0 Å². The van der Waals surface area contributed by atoms with Crippen LogP contribution in [0.5, 0.6) is 11.5 Å². The standard InChI is InChI=1S/C20H20N4O2S/c1-13-19(15-7-5-4-6-8-15)23-24-18(21-22-20(24)27-13)12-14-9-10-16(25-2)17(11-14)26-3/h4-11,13H,12H2,1-3H3/t13-/m0/s1. The van der Waals surface area contributed by atoms with Gasteiger partial charge >= 0.3 is 0 Å². The van der Waals surface area contributed by atoms with Crippen molar-refractivity contribution in [3.05, 3.63) is 65.5 Å². The van der Waals surface area contributed by atoms with E-state index in [0.29, 0.717) is 17.9 Å². The van der Waals surface area contributed by atoms with Gasteiger partial charge in [-0.2, -0.15) is 9.78 Å². The monoisotopic (exact) mass is 380 g/mol. The Bertz CT molecular complexity index is 985. The lowest BCUT2D eigenvalue weighted by Crippen LogP contribution is -2.22. The molecule has 0 saturated carbocycles. The molecule has 1 aromatic heterocycles. The summed E-state index contributed by atoms with van der Waals surface area (Å²) < 4.78 is 12.6. The van der Waals surface area contributed by atoms with Crippen LogP contribution in [0.25, 0.3) is 0 Å². The van der Waals surface area contributed by atoms with Gasteiger partial charge in [0.05, 0.1) is 25.2 Å². The van der Waals surface area contributed by atoms with E-state index in [0.717, 1.165) is 27.8 Å². The van der Waals surface area contributed by atoms with Crippen LogP contribution in [-0.4, -0.2) is 40.1 Å². The van der Waals surface area contributed by atoms with Crippen molar-refractivity contribution < 1.29 is 9.47 Å². The van der Waals surface area contributed by atoms with Crippen LogP contribution in [-0.2, 0) is 6.42 Å². The zero-order valence-electron chi connectivity index (χ0n) is 15.4. The minimum absolute atomic E-state index is 0.220. The van der Waals surface area contributed by atoms with Crippen molar-refractivity contribution in [1.82, 2.24) is 14.9 Å². The average molecular weight is 380 g/mol. The summed E-state index contributed by atoms with van der Waals surface area (Å²) in [6, 6.07) is 16.1. The third-order valence-corrected chi connectivity index (χ3v) is 5.47. The summed E-state index contributed by atoms with van der Waals surface area (Å²) in [5.74, 6) is 2.20. The summed E-state index contributed by atoms with van der Waals surface area (Å²) in [4.78, 5) is 0. The Balaban J connectivity index is 1.68. The lowest BCUT2D eigenvalue weighted by atomic mass is 10.1. The zero-order chi connectivity index (χ0) is 18.8. The Labute approximate surface area is 162 Å². The first-order valence-corrected chi connectivity index (χ1v) is 9.53. The van der Waals surface area contributed by atoms with E-state index in [-0.39, 0.29) is 5.25 Å². The van der Waals surface area contributed by atoms with E-state index in [1.165, 1.54) is 0 Å². The largest absolute Gasteiger partial charge is 0.493 e. The third-order valence-electron chi connectivity index (χ3n) is 4.43. The maximum absolute atomic E-state index is 5.40. The van der Waals surface area contributed by atoms with E-state index in [9.17, 15) is 0 Å². The van der Waals surface area contributed by atoms with Crippen molar-refractivity contribution in [2.75, 3.05) is 14.2 Å². The Morgan fingerprint density at radius 3 is 2.52 bits per heavy atom. The molecule has 0 aliphatic carbocycles. The highest BCUT2D eigenvalue weighted by molar-refractivity contribution is 8.00. The van der Waals surface area contributed by atoms with Gasteiger partial charge in [0.2, 0.25) is 5.16 Å². The quantitative estimate of drug-likeness (QED) is 0.676. The number of methoxy groups -OCH3 is 2. The molecule has 138 valence electrons. The molecule has 6 nitrogen and oxygen atoms in total. The number of aromatic nitrogens is 3. The molecule has 2 aromatic carbocycles. The lowest BCUT2D eigenvalue weighted by Gasteiger charge is -2.20. The van der Waals surface area contributed by atoms with Crippen LogP contribution >= 0.6 is 11.8 Å². The number of benzene rings is 2. The maximum atomic E-state index is 5.40. The van der Waals surface area contributed by atoms with Gasteiger partial charge in [0.15, 0.2) is 17.3 Å². The van der Waals surface area contributed by atoms with Crippen molar-refractivity contribution in [3.8, 4) is 11.5 Å². The summed E-state index contributed by atoms with van der Waals surface area (Å²) in [5, 5.41) is 14.6. The summed E-state index contributed by atoms with van der Waals surface area (Å²) in [7, 11) is 3.26. The fraction of sp³-hybridized carbons (Fsp3) is 0.250. The Morgan fingerprint density at radius 1 is 1.00 bits per heavy atom.